The number of allylic oxidation sites excluding steroid dienone is 3. The average Bonchev–Trinajstić information content (AvgIpc) is 2.83. The molecule has 0 bridgehead atoms. The summed E-state index contributed by atoms with van der Waals surface area (Å²) in [5.74, 6) is 1.02. The largest absolute Gasteiger partial charge is 0.449 e. The maximum Gasteiger partial charge on any atom is 0.413 e. The van der Waals surface area contributed by atoms with Crippen molar-refractivity contribution in [1.29, 1.82) is 0 Å². The van der Waals surface area contributed by atoms with Crippen LogP contribution in [0, 0.1) is 5.92 Å². The van der Waals surface area contributed by atoms with E-state index in [1.807, 2.05) is 31.3 Å². The molecule has 0 aromatic heterocycles. The van der Waals surface area contributed by atoms with E-state index in [-0.39, 0.29) is 6.09 Å². The molecule has 1 saturated carbocycles. The van der Waals surface area contributed by atoms with E-state index in [0.29, 0.717) is 18.4 Å². The summed E-state index contributed by atoms with van der Waals surface area (Å²) in [6, 6.07) is 10.8. The highest BCUT2D eigenvalue weighted by molar-refractivity contribution is 8.01. The first-order valence-corrected chi connectivity index (χ1v) is 13.6. The molecule has 0 spiro atoms. The molecule has 6 heteroatoms. The van der Waals surface area contributed by atoms with Gasteiger partial charge in [0.25, 0.3) is 0 Å². The van der Waals surface area contributed by atoms with Crippen molar-refractivity contribution in [2.24, 2.45) is 5.92 Å². The van der Waals surface area contributed by atoms with Gasteiger partial charge >= 0.3 is 6.09 Å². The zero-order valence-corrected chi connectivity index (χ0v) is 21.6. The van der Waals surface area contributed by atoms with Crippen molar-refractivity contribution in [3.63, 3.8) is 0 Å². The summed E-state index contributed by atoms with van der Waals surface area (Å²) in [7, 11) is 2.18. The van der Waals surface area contributed by atoms with Crippen LogP contribution in [0.5, 0.6) is 0 Å². The van der Waals surface area contributed by atoms with Crippen LogP contribution in [0.2, 0.25) is 0 Å². The molecule has 5 nitrogen and oxygen atoms in total. The molecule has 186 valence electrons. The SMILES string of the molecule is CCCOC(=O)N(/C=C\NCCC(CN(C)SC1=CCCC=C1)c1ccccc1)CC1CCC1. The van der Waals surface area contributed by atoms with Crippen LogP contribution in [0.3, 0.4) is 0 Å². The van der Waals surface area contributed by atoms with Crippen LogP contribution in [0.15, 0.2) is 65.9 Å². The quantitative estimate of drug-likeness (QED) is 0.236. The number of amides is 1. The molecule has 34 heavy (non-hydrogen) atoms. The van der Waals surface area contributed by atoms with Crippen LogP contribution < -0.4 is 5.32 Å². The first-order chi connectivity index (χ1) is 16.7. The zero-order valence-electron chi connectivity index (χ0n) is 20.8. The van der Waals surface area contributed by atoms with Crippen LogP contribution in [0.4, 0.5) is 4.79 Å². The van der Waals surface area contributed by atoms with E-state index in [1.165, 1.54) is 29.7 Å². The Morgan fingerprint density at radius 1 is 1.26 bits per heavy atom. The highest BCUT2D eigenvalue weighted by atomic mass is 32.2. The Balaban J connectivity index is 1.51. The Morgan fingerprint density at radius 3 is 2.76 bits per heavy atom. The lowest BCUT2D eigenvalue weighted by molar-refractivity contribution is 0.106. The van der Waals surface area contributed by atoms with Gasteiger partial charge in [-0.2, -0.15) is 0 Å². The third-order valence-corrected chi connectivity index (χ3v) is 7.30. The van der Waals surface area contributed by atoms with E-state index in [1.54, 1.807) is 4.90 Å². The smallest absolute Gasteiger partial charge is 0.413 e. The molecule has 1 unspecified atom stereocenters. The molecule has 1 atom stereocenters. The van der Waals surface area contributed by atoms with Gasteiger partial charge in [-0.15, -0.1) is 0 Å². The van der Waals surface area contributed by atoms with Crippen molar-refractivity contribution in [1.82, 2.24) is 14.5 Å². The topological polar surface area (TPSA) is 44.8 Å². The molecule has 2 aliphatic rings. The lowest BCUT2D eigenvalue weighted by atomic mass is 9.85. The molecule has 1 N–H and O–H groups in total. The standard InChI is InChI=1S/C28H41N3O2S/c1-3-21-33-28(32)31(22-24-11-10-12-24)20-19-29-18-17-26(25-13-6-4-7-14-25)23-30(2)34-27-15-8-5-9-16-27/h4,6-8,13-16,19-20,24,26,29H,3,5,9-12,17-18,21-23H2,1-2H3/b20-19-. The predicted octanol–water partition coefficient (Wildman–Crippen LogP) is 6.68. The first-order valence-electron chi connectivity index (χ1n) is 12.8. The maximum atomic E-state index is 12.4. The van der Waals surface area contributed by atoms with Crippen LogP contribution in [-0.2, 0) is 4.74 Å². The van der Waals surface area contributed by atoms with Crippen LogP contribution in [0.25, 0.3) is 0 Å². The van der Waals surface area contributed by atoms with Crippen LogP contribution in [0.1, 0.15) is 63.4 Å². The number of likely N-dealkylation sites (N-methyl/N-ethyl adjacent to an activating group) is 1. The van der Waals surface area contributed by atoms with Gasteiger partial charge in [-0.3, -0.25) is 4.90 Å². The molecular weight excluding hydrogens is 442 g/mol. The van der Waals surface area contributed by atoms with Gasteiger partial charge in [0, 0.05) is 36.9 Å². The van der Waals surface area contributed by atoms with Crippen molar-refractivity contribution in [2.45, 2.75) is 57.8 Å². The summed E-state index contributed by atoms with van der Waals surface area (Å²) in [5.41, 5.74) is 1.36. The Kier molecular flexibility index (Phi) is 11.6. The number of hydrogen-bond donors (Lipinski definition) is 1. The highest BCUT2D eigenvalue weighted by Gasteiger charge is 2.23. The molecule has 0 saturated heterocycles. The molecule has 0 heterocycles. The summed E-state index contributed by atoms with van der Waals surface area (Å²) in [6.45, 7) is 5.06. The molecular formula is C28H41N3O2S. The normalized spacial score (nSPS) is 16.9. The minimum Gasteiger partial charge on any atom is -0.449 e. The molecule has 0 radical (unpaired) electrons. The Hall–Kier alpha value is -2.18. The predicted molar refractivity (Wildman–Crippen MR) is 143 cm³/mol. The molecule has 0 aliphatic heterocycles. The van der Waals surface area contributed by atoms with Crippen LogP contribution in [-0.4, -0.2) is 48.6 Å². The van der Waals surface area contributed by atoms with Gasteiger partial charge in [0.1, 0.15) is 0 Å². The van der Waals surface area contributed by atoms with E-state index in [0.717, 1.165) is 45.3 Å². The van der Waals surface area contributed by atoms with Crippen LogP contribution >= 0.6 is 11.9 Å². The third kappa shape index (κ3) is 9.22. The summed E-state index contributed by atoms with van der Waals surface area (Å²) >= 11 is 1.83. The van der Waals surface area contributed by atoms with Crippen molar-refractivity contribution in [2.75, 3.05) is 33.3 Å². The van der Waals surface area contributed by atoms with Gasteiger partial charge in [0.05, 0.1) is 6.61 Å². The Morgan fingerprint density at radius 2 is 2.09 bits per heavy atom. The third-order valence-electron chi connectivity index (χ3n) is 6.32. The van der Waals surface area contributed by atoms with E-state index in [2.05, 4.69) is 65.2 Å². The van der Waals surface area contributed by atoms with E-state index in [4.69, 9.17) is 4.74 Å². The number of benzene rings is 1. The molecule has 1 amide bonds. The summed E-state index contributed by atoms with van der Waals surface area (Å²) in [5, 5.41) is 3.41. The molecule has 1 fully saturated rings. The monoisotopic (exact) mass is 483 g/mol. The van der Waals surface area contributed by atoms with Gasteiger partial charge in [0.2, 0.25) is 0 Å². The van der Waals surface area contributed by atoms with E-state index >= 15 is 0 Å². The Labute approximate surface area is 210 Å². The van der Waals surface area contributed by atoms with E-state index in [9.17, 15) is 4.79 Å². The first kappa shape index (κ1) is 26.4. The molecule has 2 aliphatic carbocycles. The summed E-state index contributed by atoms with van der Waals surface area (Å²) in [6.07, 6.45) is 18.2. The molecule has 1 aromatic carbocycles. The van der Waals surface area contributed by atoms with Gasteiger partial charge in [0.15, 0.2) is 0 Å². The lowest BCUT2D eigenvalue weighted by Crippen LogP contribution is -2.34. The number of carbonyl (C=O) groups is 1. The zero-order chi connectivity index (χ0) is 24.0. The summed E-state index contributed by atoms with van der Waals surface area (Å²) < 4.78 is 7.72. The molecule has 1 aromatic rings. The fourth-order valence-electron chi connectivity index (χ4n) is 4.18. The summed E-state index contributed by atoms with van der Waals surface area (Å²) in [4.78, 5) is 15.5. The Bertz CT molecular complexity index is 820. The number of nitrogens with one attached hydrogen (secondary N) is 1. The van der Waals surface area contributed by atoms with Crippen molar-refractivity contribution in [3.05, 3.63) is 71.4 Å². The number of ether oxygens (including phenoxy) is 1. The number of hydrogen-bond acceptors (Lipinski definition) is 5. The number of carbonyl (C=O) groups excluding carboxylic acids is 1. The fraction of sp³-hybridized carbons (Fsp3) is 0.536. The number of nitrogens with zero attached hydrogens (tertiary/aromatic N) is 2. The highest BCUT2D eigenvalue weighted by Crippen LogP contribution is 2.29. The number of rotatable bonds is 14. The van der Waals surface area contributed by atoms with Crippen molar-refractivity contribution in [3.8, 4) is 0 Å². The minimum absolute atomic E-state index is 0.237. The average molecular weight is 484 g/mol. The van der Waals surface area contributed by atoms with Crippen molar-refractivity contribution < 1.29 is 9.53 Å². The minimum atomic E-state index is -0.237. The lowest BCUT2D eigenvalue weighted by Gasteiger charge is -2.30. The van der Waals surface area contributed by atoms with Gasteiger partial charge in [-0.1, -0.05) is 61.9 Å². The second-order valence-corrected chi connectivity index (χ2v) is 10.5. The second-order valence-electron chi connectivity index (χ2n) is 9.22. The maximum absolute atomic E-state index is 12.4. The van der Waals surface area contributed by atoms with E-state index < -0.39 is 0 Å². The second kappa shape index (κ2) is 14.9. The fourth-order valence-corrected chi connectivity index (χ4v) is 5.14. The van der Waals surface area contributed by atoms with Gasteiger partial charge < -0.3 is 10.1 Å². The van der Waals surface area contributed by atoms with Gasteiger partial charge in [-0.05, 0) is 74.9 Å². The van der Waals surface area contributed by atoms with Gasteiger partial charge in [-0.25, -0.2) is 9.10 Å². The molecule has 3 rings (SSSR count). The van der Waals surface area contributed by atoms with Crippen molar-refractivity contribution >= 4 is 18.0 Å².